The molecule has 6 heteroatoms. The Labute approximate surface area is 117 Å². The zero-order valence-electron chi connectivity index (χ0n) is 11.0. The van der Waals surface area contributed by atoms with Crippen LogP contribution in [-0.2, 0) is 4.79 Å². The summed E-state index contributed by atoms with van der Waals surface area (Å²) < 4.78 is 0. The Morgan fingerprint density at radius 1 is 1.42 bits per heavy atom. The van der Waals surface area contributed by atoms with E-state index in [9.17, 15) is 9.59 Å². The molecule has 0 fully saturated rings. The van der Waals surface area contributed by atoms with E-state index in [1.165, 1.54) is 6.07 Å². The van der Waals surface area contributed by atoms with Crippen molar-refractivity contribution in [3.8, 4) is 0 Å². The molecule has 1 atom stereocenters. The molecule has 0 aliphatic heterocycles. The molecule has 1 rings (SSSR count). The molecular formula is C13H18ClN3O2. The van der Waals surface area contributed by atoms with E-state index in [1.807, 2.05) is 6.92 Å². The summed E-state index contributed by atoms with van der Waals surface area (Å²) in [6.07, 6.45) is 0.841. The predicted molar refractivity (Wildman–Crippen MR) is 76.1 cm³/mol. The van der Waals surface area contributed by atoms with E-state index in [4.69, 9.17) is 17.3 Å². The summed E-state index contributed by atoms with van der Waals surface area (Å²) in [6, 6.07) is 4.00. The minimum Gasteiger partial charge on any atom is -0.398 e. The zero-order valence-corrected chi connectivity index (χ0v) is 11.8. The molecular weight excluding hydrogens is 266 g/mol. The highest BCUT2D eigenvalue weighted by atomic mass is 35.5. The number of hydrogen-bond donors (Lipinski definition) is 3. The first-order chi connectivity index (χ1) is 8.95. The minimum absolute atomic E-state index is 0.226. The van der Waals surface area contributed by atoms with E-state index in [2.05, 4.69) is 10.6 Å². The molecule has 5 nitrogen and oxygen atoms in total. The van der Waals surface area contributed by atoms with Crippen LogP contribution >= 0.6 is 11.6 Å². The number of nitrogens with two attached hydrogens (primary N) is 1. The number of hydrogen-bond acceptors (Lipinski definition) is 3. The summed E-state index contributed by atoms with van der Waals surface area (Å²) in [4.78, 5) is 23.6. The van der Waals surface area contributed by atoms with Gasteiger partial charge in [-0.25, -0.2) is 0 Å². The van der Waals surface area contributed by atoms with Crippen LogP contribution in [0.3, 0.4) is 0 Å². The quantitative estimate of drug-likeness (QED) is 0.717. The van der Waals surface area contributed by atoms with E-state index >= 15 is 0 Å². The number of nitrogens with one attached hydrogen (secondary N) is 2. The number of carbonyl (C=O) groups is 2. The molecule has 0 aromatic heterocycles. The molecule has 0 heterocycles. The molecule has 19 heavy (non-hydrogen) atoms. The number of benzene rings is 1. The van der Waals surface area contributed by atoms with E-state index in [0.717, 1.165) is 6.42 Å². The highest BCUT2D eigenvalue weighted by molar-refractivity contribution is 6.31. The van der Waals surface area contributed by atoms with Crippen molar-refractivity contribution in [2.75, 3.05) is 12.3 Å². The van der Waals surface area contributed by atoms with Crippen molar-refractivity contribution < 1.29 is 9.59 Å². The van der Waals surface area contributed by atoms with Gasteiger partial charge >= 0.3 is 0 Å². The van der Waals surface area contributed by atoms with Crippen molar-refractivity contribution in [3.63, 3.8) is 0 Å². The van der Waals surface area contributed by atoms with Crippen molar-refractivity contribution in [2.24, 2.45) is 0 Å². The Balaban J connectivity index is 2.68. The summed E-state index contributed by atoms with van der Waals surface area (Å²) in [6.45, 7) is 4.15. The molecule has 0 saturated carbocycles. The maximum Gasteiger partial charge on any atom is 0.254 e. The molecule has 1 aromatic carbocycles. The van der Waals surface area contributed by atoms with Gasteiger partial charge in [-0.05, 0) is 31.5 Å². The Bertz CT molecular complexity index is 477. The van der Waals surface area contributed by atoms with Crippen molar-refractivity contribution in [1.82, 2.24) is 10.6 Å². The second-order valence-electron chi connectivity index (χ2n) is 4.22. The van der Waals surface area contributed by atoms with Crippen LogP contribution in [0.25, 0.3) is 0 Å². The van der Waals surface area contributed by atoms with Crippen LogP contribution in [0.5, 0.6) is 0 Å². The average Bonchev–Trinajstić information content (AvgIpc) is 2.38. The third-order valence-electron chi connectivity index (χ3n) is 2.55. The summed E-state index contributed by atoms with van der Waals surface area (Å²) in [5.74, 6) is -0.644. The first-order valence-corrected chi connectivity index (χ1v) is 6.47. The topological polar surface area (TPSA) is 84.2 Å². The van der Waals surface area contributed by atoms with E-state index < -0.39 is 11.9 Å². The summed E-state index contributed by atoms with van der Waals surface area (Å²) >= 11 is 5.81. The zero-order chi connectivity index (χ0) is 14.4. The molecule has 104 valence electrons. The van der Waals surface area contributed by atoms with E-state index in [1.54, 1.807) is 19.1 Å². The molecule has 1 unspecified atom stereocenters. The van der Waals surface area contributed by atoms with Crippen LogP contribution in [-0.4, -0.2) is 24.4 Å². The van der Waals surface area contributed by atoms with Crippen LogP contribution in [0.1, 0.15) is 30.6 Å². The second-order valence-corrected chi connectivity index (χ2v) is 4.65. The fourth-order valence-corrected chi connectivity index (χ4v) is 1.64. The molecule has 0 aliphatic carbocycles. The van der Waals surface area contributed by atoms with Crippen LogP contribution in [0.15, 0.2) is 18.2 Å². The van der Waals surface area contributed by atoms with Gasteiger partial charge in [0.25, 0.3) is 5.91 Å². The van der Waals surface area contributed by atoms with Gasteiger partial charge in [0, 0.05) is 17.3 Å². The van der Waals surface area contributed by atoms with E-state index in [0.29, 0.717) is 17.3 Å². The van der Waals surface area contributed by atoms with Gasteiger partial charge in [0.1, 0.15) is 6.04 Å². The van der Waals surface area contributed by atoms with Crippen molar-refractivity contribution in [3.05, 3.63) is 28.8 Å². The molecule has 2 amide bonds. The molecule has 4 N–H and O–H groups in total. The lowest BCUT2D eigenvalue weighted by atomic mass is 10.1. The Hall–Kier alpha value is -1.75. The van der Waals surface area contributed by atoms with Crippen molar-refractivity contribution >= 4 is 29.1 Å². The first kappa shape index (κ1) is 15.3. The lowest BCUT2D eigenvalue weighted by Gasteiger charge is -2.14. The van der Waals surface area contributed by atoms with Crippen LogP contribution in [0.4, 0.5) is 5.69 Å². The smallest absolute Gasteiger partial charge is 0.254 e. The molecule has 0 bridgehead atoms. The Morgan fingerprint density at radius 3 is 2.74 bits per heavy atom. The van der Waals surface area contributed by atoms with Gasteiger partial charge in [-0.15, -0.1) is 0 Å². The van der Waals surface area contributed by atoms with Crippen molar-refractivity contribution in [1.29, 1.82) is 0 Å². The van der Waals surface area contributed by atoms with Gasteiger partial charge in [0.05, 0.1) is 5.56 Å². The lowest BCUT2D eigenvalue weighted by molar-refractivity contribution is -0.122. The second kappa shape index (κ2) is 6.99. The van der Waals surface area contributed by atoms with Crippen molar-refractivity contribution in [2.45, 2.75) is 26.3 Å². The van der Waals surface area contributed by atoms with Crippen LogP contribution < -0.4 is 16.4 Å². The molecule has 1 aromatic rings. The first-order valence-electron chi connectivity index (χ1n) is 6.09. The summed E-state index contributed by atoms with van der Waals surface area (Å²) in [5, 5.41) is 5.71. The lowest BCUT2D eigenvalue weighted by Crippen LogP contribution is -2.45. The molecule has 0 spiro atoms. The number of anilines is 1. The van der Waals surface area contributed by atoms with Gasteiger partial charge in [-0.2, -0.15) is 0 Å². The van der Waals surface area contributed by atoms with Gasteiger partial charge in [0.2, 0.25) is 5.91 Å². The van der Waals surface area contributed by atoms with Crippen LogP contribution in [0.2, 0.25) is 5.02 Å². The van der Waals surface area contributed by atoms with Gasteiger partial charge < -0.3 is 16.4 Å². The summed E-state index contributed by atoms with van der Waals surface area (Å²) in [7, 11) is 0. The highest BCUT2D eigenvalue weighted by Crippen LogP contribution is 2.17. The largest absolute Gasteiger partial charge is 0.398 e. The maximum atomic E-state index is 12.0. The Kier molecular flexibility index (Phi) is 5.63. The minimum atomic E-state index is -0.627. The number of rotatable bonds is 5. The number of halogens is 1. The van der Waals surface area contributed by atoms with Gasteiger partial charge in [-0.1, -0.05) is 18.5 Å². The fraction of sp³-hybridized carbons (Fsp3) is 0.385. The molecule has 0 radical (unpaired) electrons. The SMILES string of the molecule is CCCNC(=O)C(C)NC(=O)c1cc(Cl)ccc1N. The number of amides is 2. The highest BCUT2D eigenvalue weighted by Gasteiger charge is 2.17. The van der Waals surface area contributed by atoms with Gasteiger partial charge in [0.15, 0.2) is 0 Å². The Morgan fingerprint density at radius 2 is 2.11 bits per heavy atom. The number of carbonyl (C=O) groups excluding carboxylic acids is 2. The fourth-order valence-electron chi connectivity index (χ4n) is 1.47. The normalized spacial score (nSPS) is 11.7. The average molecular weight is 284 g/mol. The standard InChI is InChI=1S/C13H18ClN3O2/c1-3-6-16-12(18)8(2)17-13(19)10-7-9(14)4-5-11(10)15/h4-5,7-8H,3,6,15H2,1-2H3,(H,16,18)(H,17,19). The maximum absolute atomic E-state index is 12.0. The van der Waals surface area contributed by atoms with Crippen LogP contribution in [0, 0.1) is 0 Å². The van der Waals surface area contributed by atoms with E-state index in [-0.39, 0.29) is 11.5 Å². The third kappa shape index (κ3) is 4.44. The monoisotopic (exact) mass is 283 g/mol. The predicted octanol–water partition coefficient (Wildman–Crippen LogP) is 1.57. The third-order valence-corrected chi connectivity index (χ3v) is 2.79. The molecule has 0 aliphatic rings. The van der Waals surface area contributed by atoms with Gasteiger partial charge in [-0.3, -0.25) is 9.59 Å². The number of nitrogen functional groups attached to an aromatic ring is 1. The summed E-state index contributed by atoms with van der Waals surface area (Å²) in [5.41, 5.74) is 6.29. The molecule has 0 saturated heterocycles.